The van der Waals surface area contributed by atoms with Crippen molar-refractivity contribution in [3.8, 4) is 0 Å². The van der Waals surface area contributed by atoms with Crippen molar-refractivity contribution in [1.29, 1.82) is 0 Å². The van der Waals surface area contributed by atoms with Gasteiger partial charge in [0.2, 0.25) is 10.0 Å². The zero-order valence-corrected chi connectivity index (χ0v) is 13.1. The van der Waals surface area contributed by atoms with E-state index in [0.717, 1.165) is 12.7 Å². The molecule has 21 heavy (non-hydrogen) atoms. The van der Waals surface area contributed by atoms with E-state index >= 15 is 0 Å². The molecule has 0 fully saturated rings. The van der Waals surface area contributed by atoms with Gasteiger partial charge in [-0.05, 0) is 30.0 Å². The molecule has 0 atom stereocenters. The normalized spacial score (nSPS) is 11.1. The molecule has 1 amide bonds. The molecule has 0 saturated carbocycles. The molecule has 2 aromatic rings. The number of hydrogen-bond donors (Lipinski definition) is 2. The average molecular weight is 324 g/mol. The van der Waals surface area contributed by atoms with Gasteiger partial charge in [-0.2, -0.15) is 0 Å². The van der Waals surface area contributed by atoms with Crippen molar-refractivity contribution in [2.45, 2.75) is 6.42 Å². The number of carbonyl (C=O) groups excluding carboxylic acids is 1. The summed E-state index contributed by atoms with van der Waals surface area (Å²) in [5, 5.41) is 4.78. The summed E-state index contributed by atoms with van der Waals surface area (Å²) in [6.45, 7) is 0.507. The molecule has 112 valence electrons. The number of thiophene rings is 1. The second-order valence-corrected chi connectivity index (χ2v) is 7.29. The summed E-state index contributed by atoms with van der Waals surface area (Å²) in [5.41, 5.74) is 0.600. The topological polar surface area (TPSA) is 75.3 Å². The van der Waals surface area contributed by atoms with Crippen molar-refractivity contribution in [3.05, 3.63) is 52.2 Å². The van der Waals surface area contributed by atoms with Gasteiger partial charge in [0.1, 0.15) is 0 Å². The van der Waals surface area contributed by atoms with Crippen LogP contribution < -0.4 is 10.0 Å². The number of amides is 1. The van der Waals surface area contributed by atoms with Crippen molar-refractivity contribution in [1.82, 2.24) is 5.32 Å². The van der Waals surface area contributed by atoms with Gasteiger partial charge < -0.3 is 5.32 Å². The van der Waals surface area contributed by atoms with Gasteiger partial charge in [0.15, 0.2) is 0 Å². The molecule has 0 spiro atoms. The molecular formula is C14H16N2O3S2. The van der Waals surface area contributed by atoms with E-state index in [2.05, 4.69) is 10.0 Å². The molecule has 0 aliphatic heterocycles. The van der Waals surface area contributed by atoms with E-state index in [1.54, 1.807) is 35.6 Å². The minimum atomic E-state index is -3.42. The molecule has 2 rings (SSSR count). The largest absolute Gasteiger partial charge is 0.352 e. The molecule has 1 heterocycles. The van der Waals surface area contributed by atoms with Crippen molar-refractivity contribution < 1.29 is 13.2 Å². The van der Waals surface area contributed by atoms with E-state index in [4.69, 9.17) is 0 Å². The Labute approximate surface area is 128 Å². The minimum Gasteiger partial charge on any atom is -0.352 e. The first kappa shape index (κ1) is 15.5. The first-order chi connectivity index (χ1) is 9.96. The zero-order chi connectivity index (χ0) is 15.3. The van der Waals surface area contributed by atoms with E-state index in [1.165, 1.54) is 4.88 Å². The predicted molar refractivity (Wildman–Crippen MR) is 85.3 cm³/mol. The number of benzene rings is 1. The van der Waals surface area contributed by atoms with Gasteiger partial charge in [-0.1, -0.05) is 18.2 Å². The van der Waals surface area contributed by atoms with Crippen LogP contribution in [-0.4, -0.2) is 27.1 Å². The first-order valence-electron chi connectivity index (χ1n) is 6.33. The molecule has 2 N–H and O–H groups in total. The lowest BCUT2D eigenvalue weighted by Gasteiger charge is -2.10. The molecule has 1 aromatic heterocycles. The third-order valence-electron chi connectivity index (χ3n) is 2.70. The van der Waals surface area contributed by atoms with E-state index in [9.17, 15) is 13.2 Å². The third kappa shape index (κ3) is 4.87. The summed E-state index contributed by atoms with van der Waals surface area (Å²) in [4.78, 5) is 13.3. The number of sulfonamides is 1. The Bertz CT molecular complexity index is 710. The molecule has 0 aliphatic rings. The summed E-state index contributed by atoms with van der Waals surface area (Å²) in [5.74, 6) is -0.293. The van der Waals surface area contributed by atoms with E-state index < -0.39 is 10.0 Å². The summed E-state index contributed by atoms with van der Waals surface area (Å²) in [6.07, 6.45) is 1.81. The Balaban J connectivity index is 2.01. The number of nitrogens with one attached hydrogen (secondary N) is 2. The smallest absolute Gasteiger partial charge is 0.253 e. The van der Waals surface area contributed by atoms with Gasteiger partial charge in [0, 0.05) is 11.4 Å². The molecule has 5 nitrogen and oxygen atoms in total. The number of rotatable bonds is 6. The van der Waals surface area contributed by atoms with Gasteiger partial charge in [-0.25, -0.2) is 8.42 Å². The van der Waals surface area contributed by atoms with Crippen LogP contribution in [0, 0.1) is 0 Å². The number of hydrogen-bond acceptors (Lipinski definition) is 4. The lowest BCUT2D eigenvalue weighted by atomic mass is 10.1. The van der Waals surface area contributed by atoms with Crippen LogP contribution in [-0.2, 0) is 16.4 Å². The Morgan fingerprint density at radius 3 is 2.62 bits per heavy atom. The number of para-hydroxylation sites is 1. The van der Waals surface area contributed by atoms with Crippen molar-refractivity contribution in [2.75, 3.05) is 17.5 Å². The fraction of sp³-hybridized carbons (Fsp3) is 0.214. The quantitative estimate of drug-likeness (QED) is 0.854. The molecule has 0 aliphatic carbocycles. The highest BCUT2D eigenvalue weighted by Gasteiger charge is 2.13. The van der Waals surface area contributed by atoms with Crippen molar-refractivity contribution in [2.24, 2.45) is 0 Å². The van der Waals surface area contributed by atoms with Crippen LogP contribution in [0.3, 0.4) is 0 Å². The molecule has 7 heteroatoms. The van der Waals surface area contributed by atoms with Gasteiger partial charge in [-0.15, -0.1) is 11.3 Å². The second-order valence-electron chi connectivity index (χ2n) is 4.51. The van der Waals surface area contributed by atoms with Gasteiger partial charge in [0.25, 0.3) is 5.91 Å². The number of carbonyl (C=O) groups is 1. The molecular weight excluding hydrogens is 308 g/mol. The first-order valence-corrected chi connectivity index (χ1v) is 9.10. The molecule has 0 unspecified atom stereocenters. The van der Waals surface area contributed by atoms with Crippen LogP contribution in [0.2, 0.25) is 0 Å². The summed E-state index contributed by atoms with van der Waals surface area (Å²) < 4.78 is 25.0. The zero-order valence-electron chi connectivity index (χ0n) is 11.5. The molecule has 0 radical (unpaired) electrons. The van der Waals surface area contributed by atoms with Gasteiger partial charge in [0.05, 0.1) is 17.5 Å². The second kappa shape index (κ2) is 6.73. The lowest BCUT2D eigenvalue weighted by Crippen LogP contribution is -2.26. The van der Waals surface area contributed by atoms with Crippen molar-refractivity contribution in [3.63, 3.8) is 0 Å². The van der Waals surface area contributed by atoms with Crippen LogP contribution in [0.15, 0.2) is 41.8 Å². The summed E-state index contributed by atoms with van der Waals surface area (Å²) in [6, 6.07) is 10.5. The maximum absolute atomic E-state index is 12.1. The van der Waals surface area contributed by atoms with E-state index in [-0.39, 0.29) is 11.6 Å². The van der Waals surface area contributed by atoms with Crippen LogP contribution in [0.5, 0.6) is 0 Å². The average Bonchev–Trinajstić information content (AvgIpc) is 2.90. The van der Waals surface area contributed by atoms with Gasteiger partial charge in [-0.3, -0.25) is 9.52 Å². The lowest BCUT2D eigenvalue weighted by molar-refractivity contribution is 0.0955. The van der Waals surface area contributed by atoms with E-state index in [1.807, 2.05) is 17.5 Å². The Kier molecular flexibility index (Phi) is 4.98. The maximum atomic E-state index is 12.1. The highest BCUT2D eigenvalue weighted by molar-refractivity contribution is 7.92. The van der Waals surface area contributed by atoms with Crippen LogP contribution in [0.1, 0.15) is 15.2 Å². The fourth-order valence-corrected chi connectivity index (χ4v) is 3.11. The Morgan fingerprint density at radius 1 is 1.19 bits per heavy atom. The third-order valence-corrected chi connectivity index (χ3v) is 4.23. The highest BCUT2D eigenvalue weighted by atomic mass is 32.2. The Morgan fingerprint density at radius 2 is 1.95 bits per heavy atom. The number of anilines is 1. The maximum Gasteiger partial charge on any atom is 0.253 e. The predicted octanol–water partition coefficient (Wildman–Crippen LogP) is 2.09. The molecule has 1 aromatic carbocycles. The molecule has 0 saturated heterocycles. The summed E-state index contributed by atoms with van der Waals surface area (Å²) in [7, 11) is -3.42. The monoisotopic (exact) mass is 324 g/mol. The van der Waals surface area contributed by atoms with Crippen LogP contribution in [0.4, 0.5) is 5.69 Å². The SMILES string of the molecule is CS(=O)(=O)Nc1ccccc1C(=O)NCCc1cccs1. The summed E-state index contributed by atoms with van der Waals surface area (Å²) >= 11 is 1.64. The van der Waals surface area contributed by atoms with Gasteiger partial charge >= 0.3 is 0 Å². The van der Waals surface area contributed by atoms with Crippen LogP contribution >= 0.6 is 11.3 Å². The Hall–Kier alpha value is -1.86. The minimum absolute atomic E-state index is 0.286. The standard InChI is InChI=1S/C14H16N2O3S2/c1-21(18,19)16-13-7-3-2-6-12(13)14(17)15-9-8-11-5-4-10-20-11/h2-7,10,16H,8-9H2,1H3,(H,15,17). The van der Waals surface area contributed by atoms with Crippen molar-refractivity contribution >= 4 is 33.0 Å². The highest BCUT2D eigenvalue weighted by Crippen LogP contribution is 2.16. The molecule has 0 bridgehead atoms. The fourth-order valence-electron chi connectivity index (χ4n) is 1.82. The van der Waals surface area contributed by atoms with Crippen LogP contribution in [0.25, 0.3) is 0 Å². The van der Waals surface area contributed by atoms with E-state index in [0.29, 0.717) is 12.1 Å².